The van der Waals surface area contributed by atoms with E-state index in [0.29, 0.717) is 22.8 Å². The van der Waals surface area contributed by atoms with Crippen LogP contribution in [0, 0.1) is 11.3 Å². The summed E-state index contributed by atoms with van der Waals surface area (Å²) >= 11 is 0. The van der Waals surface area contributed by atoms with Crippen LogP contribution in [0.4, 0.5) is 0 Å². The summed E-state index contributed by atoms with van der Waals surface area (Å²) in [4.78, 5) is 11.9. The summed E-state index contributed by atoms with van der Waals surface area (Å²) in [6, 6.07) is 25.3. The van der Waals surface area contributed by atoms with Crippen LogP contribution in [0.2, 0.25) is 0 Å². The molecule has 0 N–H and O–H groups in total. The van der Waals surface area contributed by atoms with Crippen LogP contribution in [0.15, 0.2) is 78.9 Å². The molecular formula is C22H17NO4. The fraction of sp³-hybridized carbons (Fsp3) is 0.0909. The minimum Gasteiger partial charge on any atom is -0.482 e. The van der Waals surface area contributed by atoms with Gasteiger partial charge in [0.05, 0.1) is 11.6 Å². The quantitative estimate of drug-likeness (QED) is 0.582. The molecule has 0 aromatic heterocycles. The molecule has 3 aromatic carbocycles. The van der Waals surface area contributed by atoms with E-state index in [1.54, 1.807) is 24.3 Å². The van der Waals surface area contributed by atoms with Crippen LogP contribution in [0.25, 0.3) is 0 Å². The topological polar surface area (TPSA) is 68.5 Å². The molecule has 0 amide bonds. The minimum atomic E-state index is -0.492. The Hall–Kier alpha value is -3.78. The molecule has 3 rings (SSSR count). The number of carbonyl (C=O) groups excluding carboxylic acids is 1. The van der Waals surface area contributed by atoms with Gasteiger partial charge in [0.1, 0.15) is 23.9 Å². The van der Waals surface area contributed by atoms with Crippen molar-refractivity contribution in [2.24, 2.45) is 0 Å². The number of hydrogen-bond donors (Lipinski definition) is 0. The van der Waals surface area contributed by atoms with Crippen molar-refractivity contribution in [1.82, 2.24) is 0 Å². The Morgan fingerprint density at radius 2 is 1.56 bits per heavy atom. The summed E-state index contributed by atoms with van der Waals surface area (Å²) in [5.41, 5.74) is 1.29. The van der Waals surface area contributed by atoms with Gasteiger partial charge in [0.15, 0.2) is 6.61 Å². The Bertz CT molecular complexity index is 931. The number of esters is 1. The van der Waals surface area contributed by atoms with Crippen LogP contribution in [-0.4, -0.2) is 12.6 Å². The molecule has 3 aromatic rings. The van der Waals surface area contributed by atoms with Gasteiger partial charge in [-0.15, -0.1) is 0 Å². The van der Waals surface area contributed by atoms with Crippen LogP contribution >= 0.6 is 0 Å². The predicted molar refractivity (Wildman–Crippen MR) is 99.4 cm³/mol. The maximum absolute atomic E-state index is 11.9. The molecule has 0 saturated carbocycles. The van der Waals surface area contributed by atoms with E-state index < -0.39 is 5.97 Å². The van der Waals surface area contributed by atoms with E-state index in [4.69, 9.17) is 19.5 Å². The van der Waals surface area contributed by atoms with E-state index in [1.807, 2.05) is 60.7 Å². The molecule has 0 spiro atoms. The Kier molecular flexibility index (Phi) is 6.05. The first kappa shape index (κ1) is 18.0. The largest absolute Gasteiger partial charge is 0.482 e. The number of nitriles is 1. The maximum Gasteiger partial charge on any atom is 0.344 e. The Balaban J connectivity index is 1.53. The van der Waals surface area contributed by atoms with Gasteiger partial charge < -0.3 is 14.2 Å². The van der Waals surface area contributed by atoms with Crippen LogP contribution in [0.3, 0.4) is 0 Å². The number of rotatable bonds is 7. The first-order valence-electron chi connectivity index (χ1n) is 8.34. The van der Waals surface area contributed by atoms with E-state index in [9.17, 15) is 4.79 Å². The average molecular weight is 359 g/mol. The van der Waals surface area contributed by atoms with Crippen molar-refractivity contribution in [1.29, 1.82) is 5.26 Å². The highest BCUT2D eigenvalue weighted by Crippen LogP contribution is 2.25. The molecule has 0 radical (unpaired) electrons. The van der Waals surface area contributed by atoms with Crippen molar-refractivity contribution in [2.75, 3.05) is 6.61 Å². The molecule has 0 saturated heterocycles. The molecular weight excluding hydrogens is 342 g/mol. The van der Waals surface area contributed by atoms with Gasteiger partial charge in [0.2, 0.25) is 0 Å². The normalized spacial score (nSPS) is 9.89. The lowest BCUT2D eigenvalue weighted by atomic mass is 10.2. The summed E-state index contributed by atoms with van der Waals surface area (Å²) in [7, 11) is 0. The van der Waals surface area contributed by atoms with Gasteiger partial charge >= 0.3 is 5.97 Å². The fourth-order valence-electron chi connectivity index (χ4n) is 2.31. The summed E-state index contributed by atoms with van der Waals surface area (Å²) in [5.74, 6) is 1.34. The smallest absolute Gasteiger partial charge is 0.344 e. The van der Waals surface area contributed by atoms with Gasteiger partial charge in [-0.1, -0.05) is 36.4 Å². The highest BCUT2D eigenvalue weighted by molar-refractivity contribution is 5.71. The lowest BCUT2D eigenvalue weighted by molar-refractivity contribution is -0.147. The number of hydrogen-bond acceptors (Lipinski definition) is 5. The maximum atomic E-state index is 11.9. The summed E-state index contributed by atoms with van der Waals surface area (Å²) < 4.78 is 16.5. The second-order valence-electron chi connectivity index (χ2n) is 5.61. The van der Waals surface area contributed by atoms with E-state index in [0.717, 1.165) is 5.56 Å². The zero-order chi connectivity index (χ0) is 18.9. The van der Waals surface area contributed by atoms with Gasteiger partial charge in [-0.25, -0.2) is 4.79 Å². The van der Waals surface area contributed by atoms with Crippen molar-refractivity contribution < 1.29 is 19.0 Å². The van der Waals surface area contributed by atoms with Crippen molar-refractivity contribution in [2.45, 2.75) is 6.61 Å². The Morgan fingerprint density at radius 3 is 2.30 bits per heavy atom. The molecule has 5 nitrogen and oxygen atoms in total. The lowest BCUT2D eigenvalue weighted by Crippen LogP contribution is -2.15. The number of benzene rings is 3. The fourth-order valence-corrected chi connectivity index (χ4v) is 2.31. The molecule has 0 unspecified atom stereocenters. The van der Waals surface area contributed by atoms with E-state index >= 15 is 0 Å². The lowest BCUT2D eigenvalue weighted by Gasteiger charge is -2.12. The van der Waals surface area contributed by atoms with Crippen molar-refractivity contribution in [3.63, 3.8) is 0 Å². The van der Waals surface area contributed by atoms with Gasteiger partial charge in [-0.2, -0.15) is 5.26 Å². The molecule has 0 heterocycles. The first-order chi connectivity index (χ1) is 13.2. The van der Waals surface area contributed by atoms with Crippen LogP contribution in [0.5, 0.6) is 17.2 Å². The van der Waals surface area contributed by atoms with Gasteiger partial charge in [0, 0.05) is 5.56 Å². The zero-order valence-corrected chi connectivity index (χ0v) is 14.5. The number of ether oxygens (including phenoxy) is 3. The molecule has 134 valence electrons. The van der Waals surface area contributed by atoms with Crippen molar-refractivity contribution >= 4 is 5.97 Å². The number of nitrogens with zero attached hydrogens (tertiary/aromatic N) is 1. The van der Waals surface area contributed by atoms with Gasteiger partial charge in [0.25, 0.3) is 0 Å². The second-order valence-corrected chi connectivity index (χ2v) is 5.61. The van der Waals surface area contributed by atoms with Gasteiger partial charge in [-0.3, -0.25) is 0 Å². The Morgan fingerprint density at radius 1 is 0.852 bits per heavy atom. The molecule has 0 aliphatic heterocycles. The SMILES string of the molecule is N#Cc1ccc(OCC(=O)OCc2ccccc2Oc2ccccc2)cc1. The van der Waals surface area contributed by atoms with Crippen LogP contribution in [-0.2, 0) is 16.1 Å². The highest BCUT2D eigenvalue weighted by atomic mass is 16.6. The first-order valence-corrected chi connectivity index (χ1v) is 8.34. The van der Waals surface area contributed by atoms with Crippen LogP contribution < -0.4 is 9.47 Å². The zero-order valence-electron chi connectivity index (χ0n) is 14.5. The molecule has 27 heavy (non-hydrogen) atoms. The number of carbonyl (C=O) groups is 1. The molecule has 0 atom stereocenters. The van der Waals surface area contributed by atoms with E-state index in [1.165, 1.54) is 0 Å². The third-order valence-electron chi connectivity index (χ3n) is 3.67. The molecule has 5 heteroatoms. The second kappa shape index (κ2) is 9.07. The minimum absolute atomic E-state index is 0.0819. The third-order valence-corrected chi connectivity index (χ3v) is 3.67. The molecule has 0 bridgehead atoms. The molecule has 0 aliphatic rings. The summed E-state index contributed by atoms with van der Waals surface area (Å²) in [6.45, 7) is -0.133. The van der Waals surface area contributed by atoms with Crippen molar-refractivity contribution in [3.05, 3.63) is 90.0 Å². The third kappa shape index (κ3) is 5.35. The summed E-state index contributed by atoms with van der Waals surface area (Å²) in [6.07, 6.45) is 0. The average Bonchev–Trinajstić information content (AvgIpc) is 2.73. The number of para-hydroxylation sites is 2. The highest BCUT2D eigenvalue weighted by Gasteiger charge is 2.09. The van der Waals surface area contributed by atoms with Gasteiger partial charge in [-0.05, 0) is 42.5 Å². The molecule has 0 fully saturated rings. The predicted octanol–water partition coefficient (Wildman–Crippen LogP) is 4.47. The monoisotopic (exact) mass is 359 g/mol. The molecule has 0 aliphatic carbocycles. The van der Waals surface area contributed by atoms with E-state index in [2.05, 4.69) is 0 Å². The van der Waals surface area contributed by atoms with E-state index in [-0.39, 0.29) is 13.2 Å². The van der Waals surface area contributed by atoms with Crippen molar-refractivity contribution in [3.8, 4) is 23.3 Å². The Labute approximate surface area is 157 Å². The standard InChI is InChI=1S/C22H17NO4/c23-14-17-10-12-19(13-11-17)25-16-22(24)26-15-18-6-4-5-9-21(18)27-20-7-2-1-3-8-20/h1-13H,15-16H2. The summed E-state index contributed by atoms with van der Waals surface area (Å²) in [5, 5.41) is 8.77. The van der Waals surface area contributed by atoms with Crippen LogP contribution in [0.1, 0.15) is 11.1 Å².